The summed E-state index contributed by atoms with van der Waals surface area (Å²) in [4.78, 5) is 18.1. The van der Waals surface area contributed by atoms with Crippen molar-refractivity contribution in [3.05, 3.63) is 185 Å². The molecule has 1 saturated carbocycles. The molecule has 0 saturated heterocycles. The van der Waals surface area contributed by atoms with Gasteiger partial charge in [-0.05, 0) is 95.1 Å². The van der Waals surface area contributed by atoms with Crippen LogP contribution in [0.4, 0.5) is 11.4 Å². The van der Waals surface area contributed by atoms with Gasteiger partial charge in [0.1, 0.15) is 6.54 Å². The maximum atomic E-state index is 11.2. The standard InChI is InChI=1S/C45H40N2O2/c1-2-12-34(38-17-9-10-19-42(38)46-31-45(48)49)25-21-32-24-28-44-41(30-32)39-18-11-20-43(39)47(44)37-26-22-33(23-27-37)29-40(35-13-5-3-6-14-35)36-15-7-4-8-16-36/h2-10,12-17,19,21-30,39,43H,11,18,20,31H2,1H3,(H,48,49)/b12-2-,25-21+,38-34+,46-42?. The molecule has 1 fully saturated rings. The lowest BCUT2D eigenvalue weighted by atomic mass is 9.95. The molecule has 2 unspecified atom stereocenters. The van der Waals surface area contributed by atoms with Gasteiger partial charge in [-0.3, -0.25) is 9.79 Å². The molecule has 0 radical (unpaired) electrons. The summed E-state index contributed by atoms with van der Waals surface area (Å²) in [5.74, 6) is -0.427. The molecule has 49 heavy (non-hydrogen) atoms. The molecule has 4 nitrogen and oxygen atoms in total. The summed E-state index contributed by atoms with van der Waals surface area (Å²) in [7, 11) is 0. The molecule has 242 valence electrons. The zero-order valence-corrected chi connectivity index (χ0v) is 27.7. The number of rotatable bonds is 9. The number of hydrogen-bond donors (Lipinski definition) is 1. The Balaban J connectivity index is 1.18. The minimum Gasteiger partial charge on any atom is -0.480 e. The Bertz CT molecular complexity index is 2000. The number of hydrogen-bond acceptors (Lipinski definition) is 3. The predicted molar refractivity (Wildman–Crippen MR) is 204 cm³/mol. The summed E-state index contributed by atoms with van der Waals surface area (Å²) < 4.78 is 0. The number of benzene rings is 4. The first-order chi connectivity index (χ1) is 24.1. The Morgan fingerprint density at radius 3 is 2.22 bits per heavy atom. The second kappa shape index (κ2) is 14.6. The van der Waals surface area contributed by atoms with Crippen LogP contribution >= 0.6 is 0 Å². The highest BCUT2D eigenvalue weighted by atomic mass is 16.4. The number of allylic oxidation sites excluding steroid dienone is 9. The number of carboxylic acids is 1. The van der Waals surface area contributed by atoms with Gasteiger partial charge >= 0.3 is 5.97 Å². The van der Waals surface area contributed by atoms with E-state index in [1.165, 1.54) is 58.5 Å². The van der Waals surface area contributed by atoms with Gasteiger partial charge in [-0.2, -0.15) is 0 Å². The van der Waals surface area contributed by atoms with Crippen molar-refractivity contribution in [2.45, 2.75) is 38.1 Å². The maximum Gasteiger partial charge on any atom is 0.325 e. The van der Waals surface area contributed by atoms with Crippen LogP contribution in [0.15, 0.2) is 162 Å². The van der Waals surface area contributed by atoms with Crippen molar-refractivity contribution in [2.75, 3.05) is 11.4 Å². The fourth-order valence-corrected chi connectivity index (χ4v) is 7.39. The summed E-state index contributed by atoms with van der Waals surface area (Å²) in [6.45, 7) is 1.74. The van der Waals surface area contributed by atoms with Gasteiger partial charge in [0.25, 0.3) is 0 Å². The van der Waals surface area contributed by atoms with Crippen LogP contribution in [0.1, 0.15) is 59.9 Å². The lowest BCUT2D eigenvalue weighted by Crippen LogP contribution is -2.26. The van der Waals surface area contributed by atoms with Gasteiger partial charge in [-0.15, -0.1) is 0 Å². The fraction of sp³-hybridized carbons (Fsp3) is 0.156. The Morgan fingerprint density at radius 1 is 0.837 bits per heavy atom. The first-order valence-corrected chi connectivity index (χ1v) is 17.1. The average Bonchev–Trinajstić information content (AvgIpc) is 3.74. The van der Waals surface area contributed by atoms with Crippen LogP contribution < -0.4 is 4.90 Å². The smallest absolute Gasteiger partial charge is 0.325 e. The molecular formula is C45H40N2O2. The van der Waals surface area contributed by atoms with E-state index in [2.05, 4.69) is 137 Å². The lowest BCUT2D eigenvalue weighted by Gasteiger charge is -2.27. The van der Waals surface area contributed by atoms with Crippen LogP contribution in [0, 0.1) is 0 Å². The molecule has 0 aromatic heterocycles. The topological polar surface area (TPSA) is 52.9 Å². The molecule has 4 aromatic carbocycles. The highest BCUT2D eigenvalue weighted by Gasteiger charge is 2.42. The van der Waals surface area contributed by atoms with Gasteiger partial charge in [-0.25, -0.2) is 0 Å². The number of carboxylic acid groups (broad SMARTS) is 1. The molecule has 1 aliphatic heterocycles. The SMILES string of the molecule is C\C=C/C(/C=C/c1ccc2c(c1)C1CCCC1N2c1ccc(C=C(c2ccccc2)c2ccccc2)cc1)=C1/C=CC=CC1=NCC(=O)O. The Kier molecular flexibility index (Phi) is 9.47. The van der Waals surface area contributed by atoms with Gasteiger partial charge in [0.05, 0.1) is 5.71 Å². The number of nitrogens with zero attached hydrogens (tertiary/aromatic N) is 2. The van der Waals surface area contributed by atoms with E-state index in [-0.39, 0.29) is 6.54 Å². The third-order valence-electron chi connectivity index (χ3n) is 9.57. The largest absolute Gasteiger partial charge is 0.480 e. The maximum absolute atomic E-state index is 11.2. The summed E-state index contributed by atoms with van der Waals surface area (Å²) >= 11 is 0. The van der Waals surface area contributed by atoms with Gasteiger partial charge < -0.3 is 10.0 Å². The summed E-state index contributed by atoms with van der Waals surface area (Å²) in [6, 6.07) is 37.6. The molecule has 2 aliphatic carbocycles. The molecule has 1 N–H and O–H groups in total. The Morgan fingerprint density at radius 2 is 1.53 bits per heavy atom. The molecule has 4 heteroatoms. The minimum atomic E-state index is -0.941. The molecule has 2 atom stereocenters. The van der Waals surface area contributed by atoms with Crippen molar-refractivity contribution in [1.82, 2.24) is 0 Å². The Labute approximate surface area is 289 Å². The monoisotopic (exact) mass is 640 g/mol. The first-order valence-electron chi connectivity index (χ1n) is 17.1. The fourth-order valence-electron chi connectivity index (χ4n) is 7.39. The lowest BCUT2D eigenvalue weighted by molar-refractivity contribution is -0.135. The van der Waals surface area contributed by atoms with Crippen molar-refractivity contribution < 1.29 is 9.90 Å². The highest BCUT2D eigenvalue weighted by Crippen LogP contribution is 2.52. The number of aliphatic imine (C=N–C) groups is 1. The molecule has 0 bridgehead atoms. The molecular weight excluding hydrogens is 601 g/mol. The van der Waals surface area contributed by atoms with E-state index in [0.29, 0.717) is 17.7 Å². The van der Waals surface area contributed by atoms with E-state index in [0.717, 1.165) is 16.7 Å². The van der Waals surface area contributed by atoms with Gasteiger partial charge in [0.2, 0.25) is 0 Å². The number of aliphatic carboxylic acids is 1. The second-order valence-corrected chi connectivity index (χ2v) is 12.7. The van der Waals surface area contributed by atoms with Gasteiger partial charge in [0, 0.05) is 28.9 Å². The normalized spacial score (nSPS) is 19.9. The zero-order chi connectivity index (χ0) is 33.6. The van der Waals surface area contributed by atoms with Crippen molar-refractivity contribution >= 4 is 40.8 Å². The third-order valence-corrected chi connectivity index (χ3v) is 9.57. The summed E-state index contributed by atoms with van der Waals surface area (Å²) in [5, 5.41) is 9.18. The van der Waals surface area contributed by atoms with Crippen molar-refractivity contribution in [3.63, 3.8) is 0 Å². The average molecular weight is 641 g/mol. The molecule has 7 rings (SSSR count). The van der Waals surface area contributed by atoms with Crippen molar-refractivity contribution in [1.29, 1.82) is 0 Å². The van der Waals surface area contributed by atoms with Crippen LogP contribution in [-0.2, 0) is 4.79 Å². The van der Waals surface area contributed by atoms with Gasteiger partial charge in [-0.1, -0.05) is 128 Å². The van der Waals surface area contributed by atoms with Crippen LogP contribution in [0.5, 0.6) is 0 Å². The molecule has 1 heterocycles. The quantitative estimate of drug-likeness (QED) is 0.185. The zero-order valence-electron chi connectivity index (χ0n) is 27.7. The van der Waals surface area contributed by atoms with E-state index in [4.69, 9.17) is 0 Å². The van der Waals surface area contributed by atoms with E-state index >= 15 is 0 Å². The number of anilines is 2. The first kappa shape index (κ1) is 31.8. The Hall–Kier alpha value is -5.74. The number of fused-ring (bicyclic) bond motifs is 3. The molecule has 0 spiro atoms. The molecule has 0 amide bonds. The highest BCUT2D eigenvalue weighted by molar-refractivity contribution is 6.13. The van der Waals surface area contributed by atoms with Crippen molar-refractivity contribution in [2.24, 2.45) is 4.99 Å². The van der Waals surface area contributed by atoms with Gasteiger partial charge in [0.15, 0.2) is 0 Å². The van der Waals surface area contributed by atoms with E-state index in [1.54, 1.807) is 0 Å². The van der Waals surface area contributed by atoms with E-state index < -0.39 is 5.97 Å². The van der Waals surface area contributed by atoms with Crippen LogP contribution in [-0.4, -0.2) is 29.4 Å². The second-order valence-electron chi connectivity index (χ2n) is 12.7. The number of carbonyl (C=O) groups is 1. The molecule has 3 aliphatic rings. The van der Waals surface area contributed by atoms with Crippen LogP contribution in [0.2, 0.25) is 0 Å². The van der Waals surface area contributed by atoms with E-state index in [9.17, 15) is 9.90 Å². The van der Waals surface area contributed by atoms with Crippen LogP contribution in [0.25, 0.3) is 17.7 Å². The minimum absolute atomic E-state index is 0.254. The predicted octanol–water partition coefficient (Wildman–Crippen LogP) is 10.6. The summed E-state index contributed by atoms with van der Waals surface area (Å²) in [5.41, 5.74) is 12.5. The third kappa shape index (κ3) is 6.95. The van der Waals surface area contributed by atoms with Crippen LogP contribution in [0.3, 0.4) is 0 Å². The van der Waals surface area contributed by atoms with E-state index in [1.807, 2.05) is 37.3 Å². The molecule has 4 aromatic rings. The van der Waals surface area contributed by atoms with Crippen molar-refractivity contribution in [3.8, 4) is 0 Å². The summed E-state index contributed by atoms with van der Waals surface area (Å²) in [6.07, 6.45) is 22.0.